The molecule has 1 aliphatic heterocycles. The first kappa shape index (κ1) is 20.6. The van der Waals surface area contributed by atoms with E-state index in [2.05, 4.69) is 13.8 Å². The van der Waals surface area contributed by atoms with Gasteiger partial charge < -0.3 is 9.64 Å². The number of hydrogen-bond acceptors (Lipinski definition) is 2. The van der Waals surface area contributed by atoms with Crippen LogP contribution in [0, 0.1) is 5.41 Å². The number of anilines is 1. The van der Waals surface area contributed by atoms with Crippen molar-refractivity contribution in [3.05, 3.63) is 24.3 Å². The Bertz CT molecular complexity index is 617. The second kappa shape index (κ2) is 7.49. The van der Waals surface area contributed by atoms with Gasteiger partial charge in [-0.3, -0.25) is 4.79 Å². The van der Waals surface area contributed by atoms with Crippen LogP contribution in [0.3, 0.4) is 0 Å². The number of ether oxygens (including phenoxy) is 1. The molecule has 1 fully saturated rings. The van der Waals surface area contributed by atoms with Crippen LogP contribution in [-0.2, 0) is 4.79 Å². The van der Waals surface area contributed by atoms with Crippen molar-refractivity contribution in [1.82, 2.24) is 0 Å². The average Bonchev–Trinajstić information content (AvgIpc) is 2.85. The third kappa shape index (κ3) is 3.99. The fourth-order valence-electron chi connectivity index (χ4n) is 3.66. The molecule has 2 rings (SSSR count). The zero-order valence-corrected chi connectivity index (χ0v) is 15.9. The maximum Gasteiger partial charge on any atom is 0.427 e. The quantitative estimate of drug-likeness (QED) is 0.613. The molecular formula is C20H28F3NO2. The molecule has 26 heavy (non-hydrogen) atoms. The van der Waals surface area contributed by atoms with E-state index in [0.717, 1.165) is 46.0 Å². The van der Waals surface area contributed by atoms with Crippen LogP contribution in [0.2, 0.25) is 0 Å². The lowest BCUT2D eigenvalue weighted by Gasteiger charge is -2.29. The molecule has 1 aliphatic rings. The maximum absolute atomic E-state index is 13.0. The van der Waals surface area contributed by atoms with Gasteiger partial charge in [0.1, 0.15) is 5.75 Å². The highest BCUT2D eigenvalue weighted by Gasteiger charge is 2.50. The van der Waals surface area contributed by atoms with Crippen LogP contribution in [0.15, 0.2) is 24.3 Å². The molecule has 0 radical (unpaired) electrons. The lowest BCUT2D eigenvalue weighted by atomic mass is 9.78. The van der Waals surface area contributed by atoms with Crippen molar-refractivity contribution in [1.29, 1.82) is 0 Å². The zero-order chi connectivity index (χ0) is 19.6. The van der Waals surface area contributed by atoms with Gasteiger partial charge in [0.25, 0.3) is 0 Å². The molecule has 0 spiro atoms. The Balaban J connectivity index is 2.15. The molecule has 3 nitrogen and oxygen atoms in total. The number of hydrogen-bond donors (Lipinski definition) is 0. The van der Waals surface area contributed by atoms with Gasteiger partial charge in [-0.15, -0.1) is 0 Å². The van der Waals surface area contributed by atoms with E-state index in [-0.39, 0.29) is 17.1 Å². The summed E-state index contributed by atoms with van der Waals surface area (Å²) in [6, 6.07) is 6.31. The molecule has 1 amide bonds. The maximum atomic E-state index is 13.0. The number of benzene rings is 1. The summed E-state index contributed by atoms with van der Waals surface area (Å²) < 4.78 is 43.9. The van der Waals surface area contributed by atoms with Gasteiger partial charge in [-0.2, -0.15) is 13.2 Å². The summed E-state index contributed by atoms with van der Waals surface area (Å²) in [5, 5.41) is 0. The molecule has 0 unspecified atom stereocenters. The lowest BCUT2D eigenvalue weighted by Crippen LogP contribution is -2.44. The third-order valence-electron chi connectivity index (χ3n) is 5.17. The Morgan fingerprint density at radius 2 is 1.62 bits per heavy atom. The molecule has 0 aromatic heterocycles. The molecule has 0 saturated carbocycles. The van der Waals surface area contributed by atoms with Crippen molar-refractivity contribution in [3.8, 4) is 5.75 Å². The fourth-order valence-corrected chi connectivity index (χ4v) is 3.66. The minimum absolute atomic E-state index is 0.130. The largest absolute Gasteiger partial charge is 0.478 e. The van der Waals surface area contributed by atoms with E-state index in [0.29, 0.717) is 12.2 Å². The second-order valence-corrected chi connectivity index (χ2v) is 7.59. The minimum atomic E-state index is -4.46. The van der Waals surface area contributed by atoms with Gasteiger partial charge in [-0.05, 0) is 57.4 Å². The Hall–Kier alpha value is -1.72. The third-order valence-corrected chi connectivity index (χ3v) is 5.17. The Morgan fingerprint density at radius 1 is 1.08 bits per heavy atom. The molecule has 1 aromatic rings. The van der Waals surface area contributed by atoms with Crippen molar-refractivity contribution in [2.75, 3.05) is 11.4 Å². The van der Waals surface area contributed by atoms with Gasteiger partial charge in [0.2, 0.25) is 5.91 Å². The van der Waals surface area contributed by atoms with Gasteiger partial charge in [-0.25, -0.2) is 0 Å². The van der Waals surface area contributed by atoms with E-state index >= 15 is 0 Å². The van der Waals surface area contributed by atoms with Crippen LogP contribution in [0.1, 0.15) is 59.8 Å². The van der Waals surface area contributed by atoms with E-state index in [1.54, 1.807) is 17.0 Å². The lowest BCUT2D eigenvalue weighted by molar-refractivity contribution is -0.234. The van der Waals surface area contributed by atoms with Crippen molar-refractivity contribution in [3.63, 3.8) is 0 Å². The molecule has 1 saturated heterocycles. The van der Waals surface area contributed by atoms with Crippen molar-refractivity contribution < 1.29 is 22.7 Å². The molecule has 0 aliphatic carbocycles. The van der Waals surface area contributed by atoms with Gasteiger partial charge in [0.05, 0.1) is 5.41 Å². The molecule has 0 bridgehead atoms. The number of rotatable bonds is 7. The zero-order valence-electron chi connectivity index (χ0n) is 15.9. The standard InChI is InChI=1S/C20H28F3NO2/c1-5-11-19(12-6-2)13-14-24(17(19)25)15-7-9-16(10-8-15)26-18(3,4)20(21,22)23/h7-10H,5-6,11-14H2,1-4H3. The average molecular weight is 371 g/mol. The predicted octanol–water partition coefficient (Wildman–Crippen LogP) is 5.73. The number of halogens is 3. The first-order chi connectivity index (χ1) is 12.1. The SMILES string of the molecule is CCCC1(CCC)CCN(c2ccc(OC(C)(C)C(F)(F)F)cc2)C1=O. The molecule has 0 atom stereocenters. The highest BCUT2D eigenvalue weighted by molar-refractivity contribution is 5.99. The summed E-state index contributed by atoms with van der Waals surface area (Å²) >= 11 is 0. The summed E-state index contributed by atoms with van der Waals surface area (Å²) in [7, 11) is 0. The summed E-state index contributed by atoms with van der Waals surface area (Å²) in [6.07, 6.45) is 0.0232. The van der Waals surface area contributed by atoms with Crippen LogP contribution >= 0.6 is 0 Å². The van der Waals surface area contributed by atoms with Gasteiger partial charge >= 0.3 is 6.18 Å². The molecule has 1 heterocycles. The van der Waals surface area contributed by atoms with Gasteiger partial charge in [-0.1, -0.05) is 26.7 Å². The van der Waals surface area contributed by atoms with Crippen molar-refractivity contribution >= 4 is 11.6 Å². The number of alkyl halides is 3. The Kier molecular flexibility index (Phi) is 5.93. The first-order valence-corrected chi connectivity index (χ1v) is 9.24. The Morgan fingerprint density at radius 3 is 2.08 bits per heavy atom. The number of carbonyl (C=O) groups excluding carboxylic acids is 1. The first-order valence-electron chi connectivity index (χ1n) is 9.24. The Labute approximate surface area is 153 Å². The monoisotopic (exact) mass is 371 g/mol. The van der Waals surface area contributed by atoms with Crippen molar-refractivity contribution in [2.24, 2.45) is 5.41 Å². The molecule has 1 aromatic carbocycles. The summed E-state index contributed by atoms with van der Waals surface area (Å²) in [4.78, 5) is 14.8. The van der Waals surface area contributed by atoms with Crippen LogP contribution in [0.25, 0.3) is 0 Å². The van der Waals surface area contributed by atoms with Gasteiger partial charge in [0.15, 0.2) is 5.60 Å². The number of amides is 1. The van der Waals surface area contributed by atoms with E-state index in [1.165, 1.54) is 12.1 Å². The fraction of sp³-hybridized carbons (Fsp3) is 0.650. The van der Waals surface area contributed by atoms with Gasteiger partial charge in [0, 0.05) is 12.2 Å². The number of nitrogens with zero attached hydrogens (tertiary/aromatic N) is 1. The topological polar surface area (TPSA) is 29.5 Å². The predicted molar refractivity (Wildman–Crippen MR) is 96.4 cm³/mol. The summed E-state index contributed by atoms with van der Waals surface area (Å²) in [6.45, 7) is 6.81. The van der Waals surface area contributed by atoms with E-state index in [9.17, 15) is 18.0 Å². The smallest absolute Gasteiger partial charge is 0.427 e. The number of carbonyl (C=O) groups is 1. The van der Waals surface area contributed by atoms with Crippen LogP contribution in [0.5, 0.6) is 5.75 Å². The second-order valence-electron chi connectivity index (χ2n) is 7.59. The van der Waals surface area contributed by atoms with Crippen LogP contribution in [0.4, 0.5) is 18.9 Å². The van der Waals surface area contributed by atoms with E-state index < -0.39 is 11.8 Å². The molecular weight excluding hydrogens is 343 g/mol. The van der Waals surface area contributed by atoms with Crippen molar-refractivity contribution in [2.45, 2.75) is 71.6 Å². The van der Waals surface area contributed by atoms with E-state index in [1.807, 2.05) is 0 Å². The summed E-state index contributed by atoms with van der Waals surface area (Å²) in [5.74, 6) is 0.265. The highest BCUT2D eigenvalue weighted by Crippen LogP contribution is 2.43. The minimum Gasteiger partial charge on any atom is -0.478 e. The highest BCUT2D eigenvalue weighted by atomic mass is 19.4. The summed E-state index contributed by atoms with van der Waals surface area (Å²) in [5.41, 5.74) is -1.85. The van der Waals surface area contributed by atoms with Crippen LogP contribution in [-0.4, -0.2) is 24.2 Å². The molecule has 0 N–H and O–H groups in total. The molecule has 146 valence electrons. The van der Waals surface area contributed by atoms with Crippen LogP contribution < -0.4 is 9.64 Å². The van der Waals surface area contributed by atoms with E-state index in [4.69, 9.17) is 4.74 Å². The molecule has 6 heteroatoms. The normalized spacial score (nSPS) is 17.7.